The Kier molecular flexibility index (Phi) is 4.27. The van der Waals surface area contributed by atoms with Crippen molar-refractivity contribution in [1.82, 2.24) is 15.3 Å². The molecule has 0 atom stereocenters. The predicted octanol–water partition coefficient (Wildman–Crippen LogP) is 3.81. The largest absolute Gasteiger partial charge is 0.310 e. The fourth-order valence-corrected chi connectivity index (χ4v) is 3.28. The smallest absolute Gasteiger partial charge is 0.192 e. The van der Waals surface area contributed by atoms with Gasteiger partial charge in [-0.1, -0.05) is 6.07 Å². The van der Waals surface area contributed by atoms with E-state index in [-0.39, 0.29) is 0 Å². The monoisotopic (exact) mass is 299 g/mol. The fourth-order valence-electron chi connectivity index (χ4n) is 2.32. The van der Waals surface area contributed by atoms with Crippen LogP contribution in [0.5, 0.6) is 0 Å². The van der Waals surface area contributed by atoms with E-state index < -0.39 is 0 Å². The van der Waals surface area contributed by atoms with Crippen LogP contribution in [0.2, 0.25) is 0 Å². The zero-order valence-corrected chi connectivity index (χ0v) is 13.6. The van der Waals surface area contributed by atoms with E-state index in [0.29, 0.717) is 0 Å². The van der Waals surface area contributed by atoms with Gasteiger partial charge in [0.15, 0.2) is 5.16 Å². The van der Waals surface area contributed by atoms with Crippen LogP contribution in [0.4, 0.5) is 0 Å². The molecular formula is C17H21N3S. The van der Waals surface area contributed by atoms with Crippen molar-refractivity contribution in [3.05, 3.63) is 46.8 Å². The summed E-state index contributed by atoms with van der Waals surface area (Å²) >= 11 is 1.63. The molecule has 0 spiro atoms. The molecular weight excluding hydrogens is 278 g/mol. The highest BCUT2D eigenvalue weighted by molar-refractivity contribution is 7.99. The van der Waals surface area contributed by atoms with Crippen LogP contribution >= 0.6 is 11.8 Å². The van der Waals surface area contributed by atoms with Gasteiger partial charge in [-0.25, -0.2) is 9.97 Å². The molecule has 1 aliphatic rings. The van der Waals surface area contributed by atoms with E-state index >= 15 is 0 Å². The van der Waals surface area contributed by atoms with Crippen molar-refractivity contribution in [2.24, 2.45) is 0 Å². The quantitative estimate of drug-likeness (QED) is 0.852. The van der Waals surface area contributed by atoms with Gasteiger partial charge in [0, 0.05) is 28.9 Å². The zero-order valence-electron chi connectivity index (χ0n) is 12.8. The molecule has 110 valence electrons. The van der Waals surface area contributed by atoms with Gasteiger partial charge in [0.2, 0.25) is 0 Å². The molecule has 3 nitrogen and oxygen atoms in total. The first kappa shape index (κ1) is 14.5. The first-order chi connectivity index (χ1) is 10.1. The molecule has 1 fully saturated rings. The third-order valence-corrected chi connectivity index (χ3v) is 4.50. The minimum atomic E-state index is 0.752. The Morgan fingerprint density at radius 2 is 1.81 bits per heavy atom. The lowest BCUT2D eigenvalue weighted by atomic mass is 10.1. The van der Waals surface area contributed by atoms with Crippen molar-refractivity contribution in [3.8, 4) is 0 Å². The van der Waals surface area contributed by atoms with E-state index in [2.05, 4.69) is 40.4 Å². The fraction of sp³-hybridized carbons (Fsp3) is 0.412. The molecule has 1 saturated carbocycles. The van der Waals surface area contributed by atoms with Crippen LogP contribution in [0.25, 0.3) is 0 Å². The number of aryl methyl sites for hydroxylation is 3. The molecule has 1 heterocycles. The predicted molar refractivity (Wildman–Crippen MR) is 86.7 cm³/mol. The van der Waals surface area contributed by atoms with Gasteiger partial charge < -0.3 is 5.32 Å². The van der Waals surface area contributed by atoms with Crippen LogP contribution < -0.4 is 5.32 Å². The summed E-state index contributed by atoms with van der Waals surface area (Å²) in [7, 11) is 0. The average molecular weight is 299 g/mol. The third-order valence-electron chi connectivity index (χ3n) is 3.64. The van der Waals surface area contributed by atoms with Crippen molar-refractivity contribution in [3.63, 3.8) is 0 Å². The van der Waals surface area contributed by atoms with E-state index in [1.807, 2.05) is 19.9 Å². The topological polar surface area (TPSA) is 37.8 Å². The summed E-state index contributed by atoms with van der Waals surface area (Å²) in [5.74, 6) is 0. The summed E-state index contributed by atoms with van der Waals surface area (Å²) in [6, 6.07) is 9.37. The van der Waals surface area contributed by atoms with Gasteiger partial charge in [-0.3, -0.25) is 0 Å². The number of hydrogen-bond acceptors (Lipinski definition) is 4. The van der Waals surface area contributed by atoms with Crippen molar-refractivity contribution in [2.45, 2.75) is 56.3 Å². The summed E-state index contributed by atoms with van der Waals surface area (Å²) < 4.78 is 0. The number of hydrogen-bond donors (Lipinski definition) is 1. The molecule has 2 aromatic rings. The number of rotatable bonds is 5. The Morgan fingerprint density at radius 3 is 2.43 bits per heavy atom. The maximum atomic E-state index is 4.49. The molecule has 0 aliphatic heterocycles. The van der Waals surface area contributed by atoms with E-state index in [1.165, 1.54) is 28.9 Å². The number of benzene rings is 1. The second-order valence-electron chi connectivity index (χ2n) is 5.78. The molecule has 1 N–H and O–H groups in total. The van der Waals surface area contributed by atoms with E-state index in [9.17, 15) is 0 Å². The molecule has 3 rings (SSSR count). The molecule has 0 amide bonds. The van der Waals surface area contributed by atoms with Gasteiger partial charge in [-0.2, -0.15) is 0 Å². The molecule has 1 aliphatic carbocycles. The Bertz CT molecular complexity index is 630. The maximum Gasteiger partial charge on any atom is 0.192 e. The number of aromatic nitrogens is 2. The second kappa shape index (κ2) is 6.16. The van der Waals surface area contributed by atoms with Crippen molar-refractivity contribution in [1.29, 1.82) is 0 Å². The van der Waals surface area contributed by atoms with E-state index in [4.69, 9.17) is 0 Å². The van der Waals surface area contributed by atoms with Crippen LogP contribution in [-0.2, 0) is 6.54 Å². The van der Waals surface area contributed by atoms with Crippen LogP contribution in [0.1, 0.15) is 35.4 Å². The van der Waals surface area contributed by atoms with E-state index in [1.54, 1.807) is 11.8 Å². The van der Waals surface area contributed by atoms with Crippen LogP contribution in [0.3, 0.4) is 0 Å². The van der Waals surface area contributed by atoms with Gasteiger partial charge in [0.05, 0.1) is 0 Å². The third kappa shape index (κ3) is 4.05. The zero-order chi connectivity index (χ0) is 14.8. The standard InChI is InChI=1S/C17H21N3S/c1-11-8-16(7-4-14(11)10-18-15-5-6-15)21-17-19-12(2)9-13(3)20-17/h4,7-9,15,18H,5-6,10H2,1-3H3. The summed E-state index contributed by atoms with van der Waals surface area (Å²) in [4.78, 5) is 10.2. The molecule has 0 bridgehead atoms. The Hall–Kier alpha value is -1.39. The van der Waals surface area contributed by atoms with Crippen LogP contribution in [0.15, 0.2) is 34.3 Å². The summed E-state index contributed by atoms with van der Waals surface area (Å²) in [5.41, 5.74) is 4.75. The maximum absolute atomic E-state index is 4.49. The van der Waals surface area contributed by atoms with Crippen LogP contribution in [-0.4, -0.2) is 16.0 Å². The summed E-state index contributed by atoms with van der Waals surface area (Å²) in [6.45, 7) is 7.17. The van der Waals surface area contributed by atoms with Gasteiger partial charge in [-0.15, -0.1) is 0 Å². The Labute approximate surface area is 130 Å². The Balaban J connectivity index is 1.71. The molecule has 1 aromatic heterocycles. The van der Waals surface area contributed by atoms with Crippen LogP contribution in [0, 0.1) is 20.8 Å². The number of nitrogens with one attached hydrogen (secondary N) is 1. The number of nitrogens with zero attached hydrogens (tertiary/aromatic N) is 2. The van der Waals surface area contributed by atoms with Gasteiger partial charge >= 0.3 is 0 Å². The van der Waals surface area contributed by atoms with Gasteiger partial charge in [-0.05, 0) is 74.7 Å². The lowest BCUT2D eigenvalue weighted by molar-refractivity contribution is 0.685. The average Bonchev–Trinajstić information content (AvgIpc) is 3.20. The Morgan fingerprint density at radius 1 is 1.10 bits per heavy atom. The van der Waals surface area contributed by atoms with Crippen molar-refractivity contribution in [2.75, 3.05) is 0 Å². The minimum absolute atomic E-state index is 0.752. The second-order valence-corrected chi connectivity index (χ2v) is 6.82. The lowest BCUT2D eigenvalue weighted by Gasteiger charge is -2.09. The molecule has 0 saturated heterocycles. The molecule has 4 heteroatoms. The van der Waals surface area contributed by atoms with Gasteiger partial charge in [0.1, 0.15) is 0 Å². The summed E-state index contributed by atoms with van der Waals surface area (Å²) in [6.07, 6.45) is 2.66. The van der Waals surface area contributed by atoms with Crippen molar-refractivity contribution >= 4 is 11.8 Å². The van der Waals surface area contributed by atoms with E-state index in [0.717, 1.165) is 29.1 Å². The summed E-state index contributed by atoms with van der Waals surface area (Å²) in [5, 5.41) is 4.40. The molecule has 1 aromatic carbocycles. The normalized spacial score (nSPS) is 14.4. The van der Waals surface area contributed by atoms with Crippen molar-refractivity contribution < 1.29 is 0 Å². The minimum Gasteiger partial charge on any atom is -0.310 e. The molecule has 0 radical (unpaired) electrons. The molecule has 0 unspecified atom stereocenters. The highest BCUT2D eigenvalue weighted by Gasteiger charge is 2.20. The first-order valence-corrected chi connectivity index (χ1v) is 8.25. The molecule has 21 heavy (non-hydrogen) atoms. The highest BCUT2D eigenvalue weighted by atomic mass is 32.2. The van der Waals surface area contributed by atoms with Gasteiger partial charge in [0.25, 0.3) is 0 Å². The SMILES string of the molecule is Cc1cc(C)nc(Sc2ccc(CNC3CC3)c(C)c2)n1. The highest BCUT2D eigenvalue weighted by Crippen LogP contribution is 2.27. The lowest BCUT2D eigenvalue weighted by Crippen LogP contribution is -2.15. The first-order valence-electron chi connectivity index (χ1n) is 7.43.